The van der Waals surface area contributed by atoms with E-state index in [1.807, 2.05) is 13.2 Å². The quantitative estimate of drug-likeness (QED) is 0.252. The highest BCUT2D eigenvalue weighted by Crippen LogP contribution is 2.35. The molecule has 7 nitrogen and oxygen atoms in total. The van der Waals surface area contributed by atoms with Gasteiger partial charge in [0.25, 0.3) is 0 Å². The average Bonchev–Trinajstić information content (AvgIpc) is 3.40. The maximum atomic E-state index is 5.05. The second kappa shape index (κ2) is 12.3. The van der Waals surface area contributed by atoms with E-state index in [1.54, 1.807) is 0 Å². The molecule has 0 aliphatic carbocycles. The molecule has 200 valence electrons. The number of pyridine rings is 1. The van der Waals surface area contributed by atoms with E-state index in [-0.39, 0.29) is 0 Å². The van der Waals surface area contributed by atoms with Crippen LogP contribution in [0.3, 0.4) is 0 Å². The van der Waals surface area contributed by atoms with Crippen molar-refractivity contribution in [2.45, 2.75) is 26.3 Å². The van der Waals surface area contributed by atoms with Crippen molar-refractivity contribution >= 4 is 38.5 Å². The van der Waals surface area contributed by atoms with Crippen molar-refractivity contribution in [1.82, 2.24) is 25.2 Å². The summed E-state index contributed by atoms with van der Waals surface area (Å²) in [5.41, 5.74) is 6.55. The molecule has 2 aromatic heterocycles. The van der Waals surface area contributed by atoms with Gasteiger partial charge in [0, 0.05) is 69.3 Å². The molecule has 3 heterocycles. The van der Waals surface area contributed by atoms with Crippen LogP contribution in [-0.4, -0.2) is 72.7 Å². The Morgan fingerprint density at radius 3 is 2.45 bits per heavy atom. The van der Waals surface area contributed by atoms with Crippen LogP contribution in [0.2, 0.25) is 0 Å². The van der Waals surface area contributed by atoms with Crippen molar-refractivity contribution in [3.8, 4) is 11.4 Å². The molecule has 38 heavy (non-hydrogen) atoms. The number of halogens is 1. The number of hydrogen-bond acceptors (Lipinski definition) is 6. The van der Waals surface area contributed by atoms with Crippen molar-refractivity contribution in [2.24, 2.45) is 0 Å². The number of benzene rings is 2. The maximum absolute atomic E-state index is 5.05. The van der Waals surface area contributed by atoms with E-state index < -0.39 is 0 Å². The highest BCUT2D eigenvalue weighted by molar-refractivity contribution is 9.10. The number of aromatic amines is 1. The van der Waals surface area contributed by atoms with Crippen LogP contribution < -0.4 is 15.1 Å². The van der Waals surface area contributed by atoms with Crippen molar-refractivity contribution in [1.29, 1.82) is 0 Å². The first kappa shape index (κ1) is 26.7. The van der Waals surface area contributed by atoms with Crippen molar-refractivity contribution in [2.75, 3.05) is 62.7 Å². The first-order chi connectivity index (χ1) is 18.6. The molecule has 1 fully saturated rings. The molecule has 0 radical (unpaired) electrons. The molecule has 1 aliphatic rings. The lowest BCUT2D eigenvalue weighted by molar-refractivity contribution is 0.198. The van der Waals surface area contributed by atoms with Crippen molar-refractivity contribution in [3.05, 3.63) is 70.8 Å². The average molecular weight is 577 g/mol. The summed E-state index contributed by atoms with van der Waals surface area (Å²) >= 11 is 3.78. The van der Waals surface area contributed by atoms with E-state index in [9.17, 15) is 0 Å². The fourth-order valence-corrected chi connectivity index (χ4v) is 5.89. The van der Waals surface area contributed by atoms with Gasteiger partial charge in [-0.2, -0.15) is 0 Å². The Bertz CT molecular complexity index is 1310. The molecule has 1 aliphatic heterocycles. The predicted molar refractivity (Wildman–Crippen MR) is 162 cm³/mol. The first-order valence-electron chi connectivity index (χ1n) is 13.7. The maximum Gasteiger partial charge on any atom is 0.159 e. The van der Waals surface area contributed by atoms with E-state index in [0.717, 1.165) is 84.9 Å². The van der Waals surface area contributed by atoms with Gasteiger partial charge >= 0.3 is 0 Å². The minimum atomic E-state index is 0.408. The largest absolute Gasteiger partial charge is 0.370 e. The fraction of sp³-hybridized carbons (Fsp3) is 0.400. The predicted octanol–water partition coefficient (Wildman–Crippen LogP) is 5.71. The highest BCUT2D eigenvalue weighted by Gasteiger charge is 2.26. The number of nitrogens with zero attached hydrogens (tertiary/aromatic N) is 5. The second-order valence-electron chi connectivity index (χ2n) is 9.98. The van der Waals surface area contributed by atoms with Crippen LogP contribution in [0.25, 0.3) is 22.6 Å². The summed E-state index contributed by atoms with van der Waals surface area (Å²) in [7, 11) is 2.00. The lowest BCUT2D eigenvalue weighted by Crippen LogP contribution is -2.47. The Morgan fingerprint density at radius 1 is 1.03 bits per heavy atom. The van der Waals surface area contributed by atoms with Gasteiger partial charge in [-0.15, -0.1) is 0 Å². The van der Waals surface area contributed by atoms with Gasteiger partial charge in [-0.05, 0) is 66.2 Å². The number of piperazine rings is 1. The lowest BCUT2D eigenvalue weighted by Gasteiger charge is -2.39. The first-order valence-corrected chi connectivity index (χ1v) is 14.5. The van der Waals surface area contributed by atoms with Gasteiger partial charge in [-0.3, -0.25) is 4.90 Å². The van der Waals surface area contributed by atoms with Crippen LogP contribution in [0.15, 0.2) is 65.3 Å². The highest BCUT2D eigenvalue weighted by atomic mass is 79.9. The van der Waals surface area contributed by atoms with Gasteiger partial charge in [-0.25, -0.2) is 9.97 Å². The summed E-state index contributed by atoms with van der Waals surface area (Å²) < 4.78 is 0.989. The fourth-order valence-electron chi connectivity index (χ4n) is 5.35. The number of imidazole rings is 1. The minimum absolute atomic E-state index is 0.408. The van der Waals surface area contributed by atoms with Gasteiger partial charge in [0.1, 0.15) is 11.3 Å². The monoisotopic (exact) mass is 575 g/mol. The molecule has 1 unspecified atom stereocenters. The van der Waals surface area contributed by atoms with E-state index in [0.29, 0.717) is 6.04 Å². The van der Waals surface area contributed by atoms with E-state index in [1.165, 1.54) is 11.3 Å². The third-order valence-corrected chi connectivity index (χ3v) is 8.11. The molecule has 1 atom stereocenters. The van der Waals surface area contributed by atoms with Gasteiger partial charge in [0.15, 0.2) is 5.65 Å². The zero-order valence-electron chi connectivity index (χ0n) is 22.6. The minimum Gasteiger partial charge on any atom is -0.370 e. The van der Waals surface area contributed by atoms with Gasteiger partial charge in [0.2, 0.25) is 0 Å². The molecule has 0 amide bonds. The van der Waals surface area contributed by atoms with Crippen LogP contribution in [0.1, 0.15) is 31.9 Å². The topological polar surface area (TPSA) is 63.3 Å². The number of fused-ring (bicyclic) bond motifs is 1. The zero-order valence-corrected chi connectivity index (χ0v) is 24.2. The van der Waals surface area contributed by atoms with Crippen molar-refractivity contribution < 1.29 is 0 Å². The van der Waals surface area contributed by atoms with E-state index in [4.69, 9.17) is 4.98 Å². The molecule has 1 saturated heterocycles. The number of anilines is 2. The van der Waals surface area contributed by atoms with Crippen LogP contribution in [0.4, 0.5) is 11.4 Å². The van der Waals surface area contributed by atoms with E-state index in [2.05, 4.69) is 114 Å². The number of H-pyrrole nitrogens is 1. The van der Waals surface area contributed by atoms with Crippen LogP contribution >= 0.6 is 15.9 Å². The zero-order chi connectivity index (χ0) is 26.5. The smallest absolute Gasteiger partial charge is 0.159 e. The third-order valence-electron chi connectivity index (χ3n) is 7.53. The molecular weight excluding hydrogens is 538 g/mol. The van der Waals surface area contributed by atoms with Crippen LogP contribution in [0.5, 0.6) is 0 Å². The van der Waals surface area contributed by atoms with Gasteiger partial charge in [-0.1, -0.05) is 37.3 Å². The molecule has 2 N–H and O–H groups in total. The standard InChI is InChI=1S/C30H38BrN7/c1-4-15-37(16-14-32-3)25-12-10-24(11-13-25)29-34-27-28(26(31)21-33-30(27)35-29)38-19-17-36(18-20-38)22(2)23-8-6-5-7-9-23/h5-13,21-22,32H,4,14-20H2,1-3H3,(H,33,34,35). The Balaban J connectivity index is 1.34. The van der Waals surface area contributed by atoms with Gasteiger partial charge in [0.05, 0.1) is 10.2 Å². The summed E-state index contributed by atoms with van der Waals surface area (Å²) in [5.74, 6) is 0.854. The molecule has 2 aromatic carbocycles. The Morgan fingerprint density at radius 2 is 1.76 bits per heavy atom. The molecule has 8 heteroatoms. The SMILES string of the molecule is CCCN(CCNC)c1ccc(-c2nc3c(N4CCN(C(C)c5ccccc5)CC4)c(Br)cnc3[nH]2)cc1. The lowest BCUT2D eigenvalue weighted by atomic mass is 10.1. The summed E-state index contributed by atoms with van der Waals surface area (Å²) in [6.07, 6.45) is 3.02. The molecule has 0 saturated carbocycles. The molecule has 0 bridgehead atoms. The summed E-state index contributed by atoms with van der Waals surface area (Å²) in [6, 6.07) is 19.9. The molecule has 5 rings (SSSR count). The summed E-state index contributed by atoms with van der Waals surface area (Å²) in [6.45, 7) is 11.4. The van der Waals surface area contributed by atoms with Gasteiger partial charge < -0.3 is 20.1 Å². The number of rotatable bonds is 10. The normalized spacial score (nSPS) is 15.2. The van der Waals surface area contributed by atoms with Crippen molar-refractivity contribution in [3.63, 3.8) is 0 Å². The number of hydrogen-bond donors (Lipinski definition) is 2. The number of aromatic nitrogens is 3. The summed E-state index contributed by atoms with van der Waals surface area (Å²) in [4.78, 5) is 20.6. The Hall–Kier alpha value is -2.94. The molecule has 0 spiro atoms. The Kier molecular flexibility index (Phi) is 8.61. The van der Waals surface area contributed by atoms with E-state index >= 15 is 0 Å². The second-order valence-corrected chi connectivity index (χ2v) is 10.8. The Labute approximate surface area is 234 Å². The number of nitrogens with one attached hydrogen (secondary N) is 2. The number of likely N-dealkylation sites (N-methyl/N-ethyl adjacent to an activating group) is 1. The molecule has 4 aromatic rings. The van der Waals surface area contributed by atoms with Crippen LogP contribution in [0, 0.1) is 0 Å². The molecular formula is C30H38BrN7. The van der Waals surface area contributed by atoms with Crippen LogP contribution in [-0.2, 0) is 0 Å². The third kappa shape index (κ3) is 5.72. The summed E-state index contributed by atoms with van der Waals surface area (Å²) in [5, 5.41) is 3.26.